The normalized spacial score (nSPS) is 10.2. The fraction of sp³-hybridized carbons (Fsp3) is 0.143. The van der Waals surface area contributed by atoms with Gasteiger partial charge in [0.05, 0.1) is 0 Å². The predicted octanol–water partition coefficient (Wildman–Crippen LogP) is 4.33. The summed E-state index contributed by atoms with van der Waals surface area (Å²) in [6.07, 6.45) is 0. The summed E-state index contributed by atoms with van der Waals surface area (Å²) in [7, 11) is 0. The molecule has 0 fully saturated rings. The van der Waals surface area contributed by atoms with E-state index in [1.54, 1.807) is 37.3 Å². The number of aryl methyl sites for hydroxylation is 2. The fourth-order valence-corrected chi connectivity index (χ4v) is 3.16. The molecule has 0 radical (unpaired) electrons. The van der Waals surface area contributed by atoms with E-state index in [0.717, 1.165) is 22.2 Å². The molecule has 146 valence electrons. The second-order valence-corrected chi connectivity index (χ2v) is 6.98. The first-order chi connectivity index (χ1) is 14.0. The van der Waals surface area contributed by atoms with Crippen LogP contribution in [0.3, 0.4) is 0 Å². The lowest BCUT2D eigenvalue weighted by Crippen LogP contribution is -2.21. The van der Waals surface area contributed by atoms with Gasteiger partial charge in [0.25, 0.3) is 5.91 Å². The molecule has 0 saturated heterocycles. The lowest BCUT2D eigenvalue weighted by atomic mass is 10.1. The Morgan fingerprint density at radius 2 is 1.97 bits per heavy atom. The molecular weight excluding hydrogens is 390 g/mol. The van der Waals surface area contributed by atoms with E-state index in [-0.39, 0.29) is 5.56 Å². The minimum absolute atomic E-state index is 0.193. The highest BCUT2D eigenvalue weighted by molar-refractivity contribution is 8.03. The van der Waals surface area contributed by atoms with Crippen LogP contribution in [0.25, 0.3) is 11.3 Å². The number of ether oxygens (including phenoxy) is 1. The molecule has 7 nitrogen and oxygen atoms in total. The largest absolute Gasteiger partial charge is 0.452 e. The Morgan fingerprint density at radius 3 is 2.66 bits per heavy atom. The summed E-state index contributed by atoms with van der Waals surface area (Å²) >= 11 is 1.04. The molecule has 0 unspecified atom stereocenters. The van der Waals surface area contributed by atoms with Gasteiger partial charge in [-0.1, -0.05) is 35.5 Å². The van der Waals surface area contributed by atoms with Gasteiger partial charge in [-0.25, -0.2) is 4.79 Å². The second-order valence-electron chi connectivity index (χ2n) is 6.12. The van der Waals surface area contributed by atoms with Crippen LogP contribution in [0.5, 0.6) is 0 Å². The number of anilines is 1. The smallest absolute Gasteiger partial charge is 0.344 e. The van der Waals surface area contributed by atoms with E-state index < -0.39 is 18.5 Å². The SMILES string of the molecule is Cc1cc(SC#N)ccc1NC(=O)COC(=O)c1c(-c2ccccc2)noc1C. The van der Waals surface area contributed by atoms with Gasteiger partial charge < -0.3 is 14.6 Å². The van der Waals surface area contributed by atoms with Gasteiger partial charge in [0.1, 0.15) is 22.4 Å². The highest BCUT2D eigenvalue weighted by Gasteiger charge is 2.23. The minimum Gasteiger partial charge on any atom is -0.452 e. The van der Waals surface area contributed by atoms with Crippen LogP contribution in [0.2, 0.25) is 0 Å². The number of amides is 1. The molecule has 29 heavy (non-hydrogen) atoms. The molecule has 0 atom stereocenters. The summed E-state index contributed by atoms with van der Waals surface area (Å²) in [5, 5.41) is 17.3. The number of thiocyanates is 1. The summed E-state index contributed by atoms with van der Waals surface area (Å²) in [5.74, 6) is -0.844. The maximum atomic E-state index is 12.5. The monoisotopic (exact) mass is 407 g/mol. The Bertz CT molecular complexity index is 1090. The number of benzene rings is 2. The average molecular weight is 407 g/mol. The Kier molecular flexibility index (Phi) is 6.32. The summed E-state index contributed by atoms with van der Waals surface area (Å²) in [6.45, 7) is 2.97. The van der Waals surface area contributed by atoms with Gasteiger partial charge in [0.2, 0.25) is 0 Å². The summed E-state index contributed by atoms with van der Waals surface area (Å²) in [5.41, 5.74) is 2.66. The third-order valence-electron chi connectivity index (χ3n) is 4.08. The summed E-state index contributed by atoms with van der Waals surface area (Å²) in [6, 6.07) is 14.3. The number of nitrogens with one attached hydrogen (secondary N) is 1. The number of carbonyl (C=O) groups is 2. The number of nitrogens with zero attached hydrogens (tertiary/aromatic N) is 2. The van der Waals surface area contributed by atoms with Gasteiger partial charge in [-0.2, -0.15) is 5.26 Å². The highest BCUT2D eigenvalue weighted by Crippen LogP contribution is 2.26. The van der Waals surface area contributed by atoms with E-state index in [9.17, 15) is 9.59 Å². The van der Waals surface area contributed by atoms with Gasteiger partial charge >= 0.3 is 5.97 Å². The molecule has 0 aliphatic rings. The first-order valence-corrected chi connectivity index (χ1v) is 9.46. The zero-order valence-corrected chi connectivity index (χ0v) is 16.6. The van der Waals surface area contributed by atoms with Crippen molar-refractivity contribution in [1.82, 2.24) is 5.16 Å². The van der Waals surface area contributed by atoms with Crippen LogP contribution in [0.4, 0.5) is 5.69 Å². The van der Waals surface area contributed by atoms with Gasteiger partial charge in [-0.05, 0) is 49.4 Å². The Balaban J connectivity index is 1.65. The van der Waals surface area contributed by atoms with Gasteiger partial charge in [-0.15, -0.1) is 0 Å². The van der Waals surface area contributed by atoms with Crippen LogP contribution >= 0.6 is 11.8 Å². The second kappa shape index (κ2) is 9.08. The fourth-order valence-electron chi connectivity index (χ4n) is 2.69. The van der Waals surface area contributed by atoms with Crippen molar-refractivity contribution in [2.75, 3.05) is 11.9 Å². The van der Waals surface area contributed by atoms with E-state index in [1.165, 1.54) is 0 Å². The molecule has 1 N–H and O–H groups in total. The lowest BCUT2D eigenvalue weighted by molar-refractivity contribution is -0.119. The van der Waals surface area contributed by atoms with Gasteiger partial charge in [-0.3, -0.25) is 4.79 Å². The van der Waals surface area contributed by atoms with Crippen LogP contribution in [0.15, 0.2) is 57.9 Å². The van der Waals surface area contributed by atoms with Crippen molar-refractivity contribution in [1.29, 1.82) is 5.26 Å². The molecule has 1 amide bonds. The summed E-state index contributed by atoms with van der Waals surface area (Å²) in [4.78, 5) is 25.5. The molecule has 1 aromatic heterocycles. The molecular formula is C21H17N3O4S. The molecule has 0 saturated carbocycles. The van der Waals surface area contributed by atoms with E-state index in [4.69, 9.17) is 14.5 Å². The molecule has 3 aromatic rings. The van der Waals surface area contributed by atoms with E-state index in [1.807, 2.05) is 30.5 Å². The number of rotatable bonds is 6. The van der Waals surface area contributed by atoms with Crippen LogP contribution in [-0.4, -0.2) is 23.6 Å². The highest BCUT2D eigenvalue weighted by atomic mass is 32.2. The predicted molar refractivity (Wildman–Crippen MR) is 108 cm³/mol. The molecule has 1 heterocycles. The molecule has 0 spiro atoms. The van der Waals surface area contributed by atoms with E-state index in [0.29, 0.717) is 22.7 Å². The number of thioether (sulfide) groups is 1. The van der Waals surface area contributed by atoms with Crippen LogP contribution < -0.4 is 5.32 Å². The summed E-state index contributed by atoms with van der Waals surface area (Å²) < 4.78 is 10.3. The van der Waals surface area contributed by atoms with Crippen LogP contribution in [0.1, 0.15) is 21.7 Å². The number of hydrogen-bond acceptors (Lipinski definition) is 7. The maximum Gasteiger partial charge on any atom is 0.344 e. The van der Waals surface area contributed by atoms with Crippen molar-refractivity contribution in [3.05, 3.63) is 65.4 Å². The quantitative estimate of drug-likeness (QED) is 0.368. The van der Waals surface area contributed by atoms with E-state index >= 15 is 0 Å². The minimum atomic E-state index is -0.685. The van der Waals surface area contributed by atoms with Gasteiger partial charge in [0.15, 0.2) is 6.61 Å². The number of esters is 1. The molecule has 2 aromatic carbocycles. The molecule has 0 aliphatic carbocycles. The number of carbonyl (C=O) groups excluding carboxylic acids is 2. The average Bonchev–Trinajstić information content (AvgIpc) is 3.11. The van der Waals surface area contributed by atoms with Crippen molar-refractivity contribution < 1.29 is 18.8 Å². The van der Waals surface area contributed by atoms with E-state index in [2.05, 4.69) is 10.5 Å². The third-order valence-corrected chi connectivity index (χ3v) is 4.66. The van der Waals surface area contributed by atoms with Crippen molar-refractivity contribution in [3.8, 4) is 16.7 Å². The molecule has 0 bridgehead atoms. The topological polar surface area (TPSA) is 105 Å². The lowest BCUT2D eigenvalue weighted by Gasteiger charge is -2.10. The van der Waals surface area contributed by atoms with Gasteiger partial charge in [0, 0.05) is 16.1 Å². The number of hydrogen-bond donors (Lipinski definition) is 1. The molecule has 8 heteroatoms. The Morgan fingerprint density at radius 1 is 1.21 bits per heavy atom. The maximum absolute atomic E-state index is 12.5. The van der Waals surface area contributed by atoms with Crippen LogP contribution in [0, 0.1) is 24.5 Å². The number of nitriles is 1. The Labute approximate surface area is 171 Å². The van der Waals surface area contributed by atoms with Crippen molar-refractivity contribution in [3.63, 3.8) is 0 Å². The molecule has 0 aliphatic heterocycles. The third kappa shape index (κ3) is 4.83. The first-order valence-electron chi connectivity index (χ1n) is 8.65. The standard InChI is InChI=1S/C21H17N3O4S/c1-13-10-16(29-12-22)8-9-17(13)23-18(25)11-27-21(26)19-14(2)28-24-20(19)15-6-4-3-5-7-15/h3-10H,11H2,1-2H3,(H,23,25). The first kappa shape index (κ1) is 20.2. The Hall–Kier alpha value is -3.57. The number of aromatic nitrogens is 1. The zero-order chi connectivity index (χ0) is 20.8. The van der Waals surface area contributed by atoms with Crippen molar-refractivity contribution >= 4 is 29.3 Å². The van der Waals surface area contributed by atoms with Crippen molar-refractivity contribution in [2.24, 2.45) is 0 Å². The zero-order valence-electron chi connectivity index (χ0n) is 15.8. The van der Waals surface area contributed by atoms with Crippen LogP contribution in [-0.2, 0) is 9.53 Å². The molecule has 3 rings (SSSR count). The van der Waals surface area contributed by atoms with Crippen molar-refractivity contribution in [2.45, 2.75) is 18.7 Å².